The maximum absolute atomic E-state index is 9.54. The van der Waals surface area contributed by atoms with Crippen LogP contribution >= 0.6 is 12.4 Å². The van der Waals surface area contributed by atoms with Gasteiger partial charge in [-0.15, -0.1) is 12.4 Å². The standard InChI is InChI=1S/C11H15NO.ClH/c1-8-5-9-3-4-12(2)7-10(9)6-11(8)13;/h5-6,13H,3-4,7H2,1-2H3;1H. The molecule has 0 unspecified atom stereocenters. The number of benzene rings is 1. The maximum Gasteiger partial charge on any atom is 0.118 e. The minimum absolute atomic E-state index is 0. The van der Waals surface area contributed by atoms with Crippen molar-refractivity contribution in [1.82, 2.24) is 4.90 Å². The molecule has 1 heterocycles. The smallest absolute Gasteiger partial charge is 0.118 e. The Hall–Kier alpha value is -0.730. The molecule has 0 saturated heterocycles. The number of hydrogen-bond donors (Lipinski definition) is 1. The number of aromatic hydroxyl groups is 1. The molecule has 0 saturated carbocycles. The Morgan fingerprint density at radius 2 is 2.00 bits per heavy atom. The SMILES string of the molecule is Cc1cc2c(cc1O)CN(C)CC2.Cl. The van der Waals surface area contributed by atoms with E-state index in [-0.39, 0.29) is 12.4 Å². The number of rotatable bonds is 0. The molecule has 0 atom stereocenters. The fourth-order valence-corrected chi connectivity index (χ4v) is 1.86. The van der Waals surface area contributed by atoms with Gasteiger partial charge in [0.15, 0.2) is 0 Å². The molecule has 0 fully saturated rings. The molecule has 0 amide bonds. The summed E-state index contributed by atoms with van der Waals surface area (Å²) < 4.78 is 0. The molecule has 2 nitrogen and oxygen atoms in total. The lowest BCUT2D eigenvalue weighted by Crippen LogP contribution is -2.26. The molecular formula is C11H16ClNO. The van der Waals surface area contributed by atoms with Gasteiger partial charge in [-0.25, -0.2) is 0 Å². The van der Waals surface area contributed by atoms with E-state index < -0.39 is 0 Å². The molecular weight excluding hydrogens is 198 g/mol. The molecule has 1 aromatic rings. The number of nitrogens with zero attached hydrogens (tertiary/aromatic N) is 1. The summed E-state index contributed by atoms with van der Waals surface area (Å²) in [7, 11) is 2.11. The molecule has 14 heavy (non-hydrogen) atoms. The highest BCUT2D eigenvalue weighted by molar-refractivity contribution is 5.85. The summed E-state index contributed by atoms with van der Waals surface area (Å²) >= 11 is 0. The first kappa shape index (κ1) is 11.3. The lowest BCUT2D eigenvalue weighted by Gasteiger charge is -2.25. The summed E-state index contributed by atoms with van der Waals surface area (Å²) in [5, 5.41) is 9.54. The maximum atomic E-state index is 9.54. The first-order valence-corrected chi connectivity index (χ1v) is 4.67. The van der Waals surface area contributed by atoms with Crippen molar-refractivity contribution in [3.05, 3.63) is 28.8 Å². The molecule has 1 aromatic carbocycles. The monoisotopic (exact) mass is 213 g/mol. The number of hydrogen-bond acceptors (Lipinski definition) is 2. The van der Waals surface area contributed by atoms with Crippen molar-refractivity contribution in [2.24, 2.45) is 0 Å². The molecule has 1 aliphatic rings. The van der Waals surface area contributed by atoms with Crippen LogP contribution < -0.4 is 0 Å². The van der Waals surface area contributed by atoms with Crippen LogP contribution in [0.15, 0.2) is 12.1 Å². The Kier molecular flexibility index (Phi) is 3.40. The second-order valence-electron chi connectivity index (χ2n) is 3.90. The molecule has 3 heteroatoms. The molecule has 1 N–H and O–H groups in total. The lowest BCUT2D eigenvalue weighted by molar-refractivity contribution is 0.312. The van der Waals surface area contributed by atoms with Crippen molar-refractivity contribution < 1.29 is 5.11 Å². The third kappa shape index (κ3) is 2.02. The van der Waals surface area contributed by atoms with Gasteiger partial charge >= 0.3 is 0 Å². The molecule has 0 radical (unpaired) electrons. The summed E-state index contributed by atoms with van der Waals surface area (Å²) in [6.45, 7) is 4.04. The lowest BCUT2D eigenvalue weighted by atomic mass is 9.97. The summed E-state index contributed by atoms with van der Waals surface area (Å²) in [5.41, 5.74) is 3.66. The van der Waals surface area contributed by atoms with E-state index in [1.807, 2.05) is 13.0 Å². The Morgan fingerprint density at radius 1 is 1.29 bits per heavy atom. The highest BCUT2D eigenvalue weighted by Gasteiger charge is 2.14. The van der Waals surface area contributed by atoms with Gasteiger partial charge in [-0.2, -0.15) is 0 Å². The van der Waals surface area contributed by atoms with Gasteiger partial charge in [0.2, 0.25) is 0 Å². The first-order valence-electron chi connectivity index (χ1n) is 4.67. The van der Waals surface area contributed by atoms with Gasteiger partial charge < -0.3 is 10.0 Å². The quantitative estimate of drug-likeness (QED) is 0.714. The summed E-state index contributed by atoms with van der Waals surface area (Å²) in [6, 6.07) is 4.01. The largest absolute Gasteiger partial charge is 0.508 e. The van der Waals surface area contributed by atoms with E-state index in [0.717, 1.165) is 25.1 Å². The van der Waals surface area contributed by atoms with E-state index in [0.29, 0.717) is 5.75 Å². The number of fused-ring (bicyclic) bond motifs is 1. The zero-order valence-corrected chi connectivity index (χ0v) is 9.40. The fourth-order valence-electron chi connectivity index (χ4n) is 1.86. The van der Waals surface area contributed by atoms with Crippen LogP contribution in [0.5, 0.6) is 5.75 Å². The van der Waals surface area contributed by atoms with E-state index in [9.17, 15) is 5.11 Å². The predicted octanol–water partition coefficient (Wildman–Crippen LogP) is 2.11. The summed E-state index contributed by atoms with van der Waals surface area (Å²) in [4.78, 5) is 2.27. The highest BCUT2D eigenvalue weighted by atomic mass is 35.5. The van der Waals surface area contributed by atoms with Gasteiger partial charge in [-0.05, 0) is 43.1 Å². The van der Waals surface area contributed by atoms with Crippen LogP contribution in [0.4, 0.5) is 0 Å². The van der Waals surface area contributed by atoms with Crippen LogP contribution in [-0.4, -0.2) is 23.6 Å². The number of halogens is 1. The molecule has 0 bridgehead atoms. The van der Waals surface area contributed by atoms with Crippen LogP contribution in [0.2, 0.25) is 0 Å². The average molecular weight is 214 g/mol. The number of aryl methyl sites for hydroxylation is 1. The molecule has 2 rings (SSSR count). The number of likely N-dealkylation sites (N-methyl/N-ethyl adjacent to an activating group) is 1. The van der Waals surface area contributed by atoms with Gasteiger partial charge in [0.25, 0.3) is 0 Å². The Labute approximate surface area is 91.0 Å². The molecule has 0 aromatic heterocycles. The van der Waals surface area contributed by atoms with E-state index in [1.54, 1.807) is 0 Å². The molecule has 78 valence electrons. The normalized spacial score (nSPS) is 15.9. The zero-order valence-electron chi connectivity index (χ0n) is 8.58. The first-order chi connectivity index (χ1) is 6.16. The Morgan fingerprint density at radius 3 is 2.71 bits per heavy atom. The third-order valence-electron chi connectivity index (χ3n) is 2.72. The minimum Gasteiger partial charge on any atom is -0.508 e. The van der Waals surface area contributed by atoms with Crippen LogP contribution in [0, 0.1) is 6.92 Å². The second kappa shape index (κ2) is 4.20. The van der Waals surface area contributed by atoms with Crippen molar-refractivity contribution in [3.8, 4) is 5.75 Å². The van der Waals surface area contributed by atoms with Crippen molar-refractivity contribution >= 4 is 12.4 Å². The van der Waals surface area contributed by atoms with Crippen molar-refractivity contribution in [2.45, 2.75) is 19.9 Å². The van der Waals surface area contributed by atoms with Gasteiger partial charge in [-0.1, -0.05) is 6.07 Å². The van der Waals surface area contributed by atoms with Crippen LogP contribution in [0.1, 0.15) is 16.7 Å². The van der Waals surface area contributed by atoms with Crippen LogP contribution in [-0.2, 0) is 13.0 Å². The summed E-state index contributed by atoms with van der Waals surface area (Å²) in [6.07, 6.45) is 1.10. The number of phenols is 1. The fraction of sp³-hybridized carbons (Fsp3) is 0.455. The Balaban J connectivity index is 0.000000980. The van der Waals surface area contributed by atoms with Crippen molar-refractivity contribution in [3.63, 3.8) is 0 Å². The van der Waals surface area contributed by atoms with Crippen molar-refractivity contribution in [1.29, 1.82) is 0 Å². The van der Waals surface area contributed by atoms with E-state index in [1.165, 1.54) is 11.1 Å². The predicted molar refractivity (Wildman–Crippen MR) is 60.1 cm³/mol. The number of phenolic OH excluding ortho intramolecular Hbond substituents is 1. The molecule has 0 spiro atoms. The third-order valence-corrected chi connectivity index (χ3v) is 2.72. The van der Waals surface area contributed by atoms with E-state index in [4.69, 9.17) is 0 Å². The van der Waals surface area contributed by atoms with Crippen LogP contribution in [0.25, 0.3) is 0 Å². The minimum atomic E-state index is 0. The average Bonchev–Trinajstić information content (AvgIpc) is 2.08. The zero-order chi connectivity index (χ0) is 9.42. The molecule has 0 aliphatic carbocycles. The second-order valence-corrected chi connectivity index (χ2v) is 3.90. The van der Waals surface area contributed by atoms with E-state index >= 15 is 0 Å². The van der Waals surface area contributed by atoms with Gasteiger partial charge in [0.1, 0.15) is 5.75 Å². The van der Waals surface area contributed by atoms with Gasteiger partial charge in [-0.3, -0.25) is 0 Å². The van der Waals surface area contributed by atoms with Gasteiger partial charge in [0, 0.05) is 13.1 Å². The van der Waals surface area contributed by atoms with E-state index in [2.05, 4.69) is 18.0 Å². The molecule has 1 aliphatic heterocycles. The Bertz CT molecular complexity index is 338. The van der Waals surface area contributed by atoms with Crippen molar-refractivity contribution in [2.75, 3.05) is 13.6 Å². The van der Waals surface area contributed by atoms with Crippen LogP contribution in [0.3, 0.4) is 0 Å². The topological polar surface area (TPSA) is 23.5 Å². The van der Waals surface area contributed by atoms with Gasteiger partial charge in [0.05, 0.1) is 0 Å². The summed E-state index contributed by atoms with van der Waals surface area (Å²) in [5.74, 6) is 0.425. The highest BCUT2D eigenvalue weighted by Crippen LogP contribution is 2.25.